The minimum absolute atomic E-state index is 0.119. The van der Waals surface area contributed by atoms with Crippen LogP contribution in [-0.4, -0.2) is 63.0 Å². The maximum atomic E-state index is 11.7. The highest BCUT2D eigenvalue weighted by atomic mass is 16.7. The third-order valence-corrected chi connectivity index (χ3v) is 6.90. The average molecular weight is 507 g/mol. The van der Waals surface area contributed by atoms with Crippen LogP contribution in [0.2, 0.25) is 0 Å². The summed E-state index contributed by atoms with van der Waals surface area (Å²) in [5.74, 6) is 0.483. The van der Waals surface area contributed by atoms with Crippen molar-refractivity contribution in [3.05, 3.63) is 29.8 Å². The molecule has 2 aliphatic heterocycles. The van der Waals surface area contributed by atoms with Crippen LogP contribution in [0.3, 0.4) is 0 Å². The number of benzene rings is 1. The van der Waals surface area contributed by atoms with Gasteiger partial charge in [-0.15, -0.1) is 0 Å². The summed E-state index contributed by atoms with van der Waals surface area (Å²) >= 11 is 0. The van der Waals surface area contributed by atoms with E-state index >= 15 is 0 Å². The Hall–Kier alpha value is -2.16. The zero-order valence-corrected chi connectivity index (χ0v) is 22.1. The number of esters is 2. The molecule has 5 atom stereocenters. The molecule has 0 N–H and O–H groups in total. The van der Waals surface area contributed by atoms with Crippen LogP contribution in [0.5, 0.6) is 5.75 Å². The summed E-state index contributed by atoms with van der Waals surface area (Å²) in [5.41, 5.74) is 1.25. The molecule has 0 amide bonds. The third-order valence-electron chi connectivity index (χ3n) is 6.90. The van der Waals surface area contributed by atoms with Crippen molar-refractivity contribution in [2.24, 2.45) is 11.8 Å². The van der Waals surface area contributed by atoms with E-state index in [1.54, 1.807) is 0 Å². The molecule has 2 heterocycles. The van der Waals surface area contributed by atoms with E-state index in [4.69, 9.17) is 28.4 Å². The zero-order chi connectivity index (χ0) is 25.9. The predicted octanol–water partition coefficient (Wildman–Crippen LogP) is 4.47. The largest absolute Gasteiger partial charge is 0.493 e. The van der Waals surface area contributed by atoms with Crippen molar-refractivity contribution in [1.29, 1.82) is 0 Å². The Morgan fingerprint density at radius 1 is 0.972 bits per heavy atom. The van der Waals surface area contributed by atoms with Gasteiger partial charge in [0.25, 0.3) is 0 Å². The molecule has 2 fully saturated rings. The first kappa shape index (κ1) is 28.4. The van der Waals surface area contributed by atoms with Gasteiger partial charge in [-0.25, -0.2) is 0 Å². The van der Waals surface area contributed by atoms with E-state index in [0.29, 0.717) is 12.5 Å². The molecule has 3 rings (SSSR count). The van der Waals surface area contributed by atoms with Crippen LogP contribution in [0, 0.1) is 11.8 Å². The Balaban J connectivity index is 1.43. The van der Waals surface area contributed by atoms with Crippen LogP contribution in [0.1, 0.15) is 65.4 Å². The quantitative estimate of drug-likeness (QED) is 0.303. The Labute approximate surface area is 214 Å². The Kier molecular flexibility index (Phi) is 11.5. The van der Waals surface area contributed by atoms with Crippen LogP contribution in [-0.2, 0) is 39.7 Å². The number of hydrogen-bond acceptors (Lipinski definition) is 8. The molecule has 0 bridgehead atoms. The molecule has 1 aromatic carbocycles. The monoisotopic (exact) mass is 506 g/mol. The van der Waals surface area contributed by atoms with E-state index in [9.17, 15) is 9.59 Å². The van der Waals surface area contributed by atoms with E-state index in [1.165, 1.54) is 19.4 Å². The standard InChI is InChI=1S/C28H42O8/c1-5-25-19(2)26(34-20(3)29)27(35-21(4)30)28(36-25)32-15-7-6-8-22-9-11-24(12-10-22)33-18-23-13-16-31-17-14-23/h9-12,19,23,25-28H,5-8,13-18H2,1-4H3/t19-,25-,26+,27-,28-/m1/s1. The van der Waals surface area contributed by atoms with Gasteiger partial charge in [-0.1, -0.05) is 26.0 Å². The van der Waals surface area contributed by atoms with Gasteiger partial charge in [-0.2, -0.15) is 0 Å². The third kappa shape index (κ3) is 8.75. The fraction of sp³-hybridized carbons (Fsp3) is 0.714. The van der Waals surface area contributed by atoms with E-state index < -0.39 is 30.4 Å². The van der Waals surface area contributed by atoms with Gasteiger partial charge < -0.3 is 28.4 Å². The zero-order valence-electron chi connectivity index (χ0n) is 22.1. The Morgan fingerprint density at radius 3 is 2.28 bits per heavy atom. The van der Waals surface area contributed by atoms with Gasteiger partial charge in [-0.05, 0) is 62.1 Å². The van der Waals surface area contributed by atoms with Crippen molar-refractivity contribution >= 4 is 11.9 Å². The van der Waals surface area contributed by atoms with Gasteiger partial charge in [0.2, 0.25) is 0 Å². The highest BCUT2D eigenvalue weighted by Crippen LogP contribution is 2.32. The van der Waals surface area contributed by atoms with Gasteiger partial charge in [-0.3, -0.25) is 9.59 Å². The molecule has 0 unspecified atom stereocenters. The van der Waals surface area contributed by atoms with Gasteiger partial charge in [0, 0.05) is 39.6 Å². The molecule has 8 nitrogen and oxygen atoms in total. The number of aryl methyl sites for hydroxylation is 1. The van der Waals surface area contributed by atoms with Gasteiger partial charge in [0.05, 0.1) is 12.7 Å². The summed E-state index contributed by atoms with van der Waals surface area (Å²) in [5, 5.41) is 0. The van der Waals surface area contributed by atoms with Crippen LogP contribution in [0.4, 0.5) is 0 Å². The number of unbranched alkanes of at least 4 members (excludes halogenated alkanes) is 1. The summed E-state index contributed by atoms with van der Waals surface area (Å²) in [7, 11) is 0. The van der Waals surface area contributed by atoms with E-state index in [0.717, 1.165) is 64.1 Å². The molecule has 36 heavy (non-hydrogen) atoms. The number of hydrogen-bond donors (Lipinski definition) is 0. The number of carbonyl (C=O) groups is 2. The molecule has 0 aromatic heterocycles. The lowest BCUT2D eigenvalue weighted by atomic mass is 9.89. The van der Waals surface area contributed by atoms with Crippen LogP contribution < -0.4 is 4.74 Å². The smallest absolute Gasteiger partial charge is 0.303 e. The highest BCUT2D eigenvalue weighted by molar-refractivity contribution is 5.67. The van der Waals surface area contributed by atoms with Crippen LogP contribution >= 0.6 is 0 Å². The van der Waals surface area contributed by atoms with Crippen molar-refractivity contribution in [1.82, 2.24) is 0 Å². The number of rotatable bonds is 12. The minimum atomic E-state index is -0.794. The molecule has 202 valence electrons. The Bertz CT molecular complexity index is 804. The normalized spacial score (nSPS) is 26.8. The Morgan fingerprint density at radius 2 is 1.64 bits per heavy atom. The van der Waals surface area contributed by atoms with Crippen LogP contribution in [0.25, 0.3) is 0 Å². The molecule has 1 aromatic rings. The lowest BCUT2D eigenvalue weighted by Crippen LogP contribution is -2.57. The van der Waals surface area contributed by atoms with E-state index in [1.807, 2.05) is 26.0 Å². The second-order valence-electron chi connectivity index (χ2n) is 9.80. The number of carbonyl (C=O) groups excluding carboxylic acids is 2. The molecule has 0 radical (unpaired) electrons. The second kappa shape index (κ2) is 14.5. The lowest BCUT2D eigenvalue weighted by molar-refractivity contribution is -0.290. The summed E-state index contributed by atoms with van der Waals surface area (Å²) in [6.07, 6.45) is 3.22. The topological polar surface area (TPSA) is 89.5 Å². The summed E-state index contributed by atoms with van der Waals surface area (Å²) in [6, 6.07) is 8.29. The molecular formula is C28H42O8. The highest BCUT2D eigenvalue weighted by Gasteiger charge is 2.47. The summed E-state index contributed by atoms with van der Waals surface area (Å²) < 4.78 is 34.5. The molecule has 0 saturated carbocycles. The summed E-state index contributed by atoms with van der Waals surface area (Å²) in [6.45, 7) is 9.50. The molecule has 2 saturated heterocycles. The second-order valence-corrected chi connectivity index (χ2v) is 9.80. The maximum absolute atomic E-state index is 11.7. The van der Waals surface area contributed by atoms with E-state index in [2.05, 4.69) is 12.1 Å². The van der Waals surface area contributed by atoms with Gasteiger partial charge >= 0.3 is 11.9 Å². The molecular weight excluding hydrogens is 464 g/mol. The maximum Gasteiger partial charge on any atom is 0.303 e. The minimum Gasteiger partial charge on any atom is -0.493 e. The first-order chi connectivity index (χ1) is 17.4. The van der Waals surface area contributed by atoms with Crippen LogP contribution in [0.15, 0.2) is 24.3 Å². The molecule has 0 spiro atoms. The van der Waals surface area contributed by atoms with Gasteiger partial charge in [0.15, 0.2) is 12.4 Å². The average Bonchev–Trinajstić information content (AvgIpc) is 2.86. The van der Waals surface area contributed by atoms with E-state index in [-0.39, 0.29) is 12.0 Å². The molecule has 2 aliphatic rings. The molecule has 8 heteroatoms. The SMILES string of the molecule is CC[C@H]1O[C@@H](OCCCCc2ccc(OCC3CCOCC3)cc2)[C@H](OC(C)=O)[C@@H](OC(C)=O)[C@@H]1C. The fourth-order valence-corrected chi connectivity index (χ4v) is 4.83. The van der Waals surface area contributed by atoms with Crippen molar-refractivity contribution in [2.45, 2.75) is 90.8 Å². The first-order valence-corrected chi connectivity index (χ1v) is 13.3. The first-order valence-electron chi connectivity index (χ1n) is 13.3. The van der Waals surface area contributed by atoms with Crippen molar-refractivity contribution in [3.8, 4) is 5.75 Å². The fourth-order valence-electron chi connectivity index (χ4n) is 4.83. The van der Waals surface area contributed by atoms with Crippen molar-refractivity contribution < 1.29 is 38.0 Å². The summed E-state index contributed by atoms with van der Waals surface area (Å²) in [4.78, 5) is 23.4. The lowest BCUT2D eigenvalue weighted by Gasteiger charge is -2.43. The van der Waals surface area contributed by atoms with Crippen molar-refractivity contribution in [2.75, 3.05) is 26.4 Å². The van der Waals surface area contributed by atoms with Gasteiger partial charge in [0.1, 0.15) is 11.9 Å². The predicted molar refractivity (Wildman–Crippen MR) is 134 cm³/mol. The molecule has 0 aliphatic carbocycles. The number of ether oxygens (including phenoxy) is 6. The van der Waals surface area contributed by atoms with Crippen molar-refractivity contribution in [3.63, 3.8) is 0 Å².